The summed E-state index contributed by atoms with van der Waals surface area (Å²) in [6, 6.07) is 2.97. The second kappa shape index (κ2) is 9.81. The Morgan fingerprint density at radius 3 is 2.70 bits per heavy atom. The van der Waals surface area contributed by atoms with E-state index >= 15 is 0 Å². The van der Waals surface area contributed by atoms with Crippen molar-refractivity contribution in [3.05, 3.63) is 22.4 Å². The van der Waals surface area contributed by atoms with Crippen LogP contribution >= 0.6 is 11.3 Å². The number of ketones is 1. The maximum atomic E-state index is 12.0. The summed E-state index contributed by atoms with van der Waals surface area (Å²) in [5, 5.41) is 6.81. The first kappa shape index (κ1) is 20.6. The lowest BCUT2D eigenvalue weighted by molar-refractivity contribution is -0.157. The molecule has 1 aliphatic heterocycles. The first-order valence-electron chi connectivity index (χ1n) is 8.50. The van der Waals surface area contributed by atoms with E-state index in [2.05, 4.69) is 10.6 Å². The Morgan fingerprint density at radius 1 is 1.30 bits per heavy atom. The Bertz CT molecular complexity index is 718. The summed E-state index contributed by atoms with van der Waals surface area (Å²) in [5.74, 6) is -1.69. The van der Waals surface area contributed by atoms with Crippen molar-refractivity contribution < 1.29 is 28.7 Å². The third-order valence-electron chi connectivity index (χ3n) is 3.81. The Morgan fingerprint density at radius 2 is 2.07 bits per heavy atom. The minimum atomic E-state index is -1.08. The number of carbonyl (C=O) groups is 5. The van der Waals surface area contributed by atoms with Crippen molar-refractivity contribution in [1.82, 2.24) is 15.5 Å². The van der Waals surface area contributed by atoms with Crippen LogP contribution in [0.2, 0.25) is 0 Å². The second-order valence-electron chi connectivity index (χ2n) is 5.85. The van der Waals surface area contributed by atoms with Crippen molar-refractivity contribution in [3.8, 4) is 0 Å². The van der Waals surface area contributed by atoms with E-state index in [0.717, 1.165) is 4.90 Å². The third-order valence-corrected chi connectivity index (χ3v) is 4.72. The number of carbonyl (C=O) groups excluding carboxylic acids is 5. The van der Waals surface area contributed by atoms with Gasteiger partial charge in [-0.15, -0.1) is 11.3 Å². The molecule has 1 fully saturated rings. The normalized spacial score (nSPS) is 14.4. The third kappa shape index (κ3) is 6.17. The summed E-state index contributed by atoms with van der Waals surface area (Å²) in [5.41, 5.74) is 0. The molecule has 4 amide bonds. The molecule has 1 aliphatic rings. The lowest BCUT2D eigenvalue weighted by Crippen LogP contribution is -2.42. The molecule has 2 N–H and O–H groups in total. The van der Waals surface area contributed by atoms with Crippen molar-refractivity contribution in [3.63, 3.8) is 0 Å². The highest BCUT2D eigenvalue weighted by atomic mass is 32.1. The summed E-state index contributed by atoms with van der Waals surface area (Å²) in [6.45, 7) is 2.03. The molecule has 0 aromatic carbocycles. The van der Waals surface area contributed by atoms with Crippen LogP contribution in [0.1, 0.15) is 35.9 Å². The van der Waals surface area contributed by atoms with E-state index in [0.29, 0.717) is 11.4 Å². The Labute approximate surface area is 160 Å². The van der Waals surface area contributed by atoms with Gasteiger partial charge in [-0.25, -0.2) is 4.79 Å². The van der Waals surface area contributed by atoms with Gasteiger partial charge in [0.25, 0.3) is 5.91 Å². The standard InChI is InChI=1S/C17H21N3O6S/c1-11(16(24)20-9-8-19-17(20)25)26-15(23)6-7-18-14(22)5-4-12(21)13-3-2-10-27-13/h2-3,10-11H,4-9H2,1H3,(H,18,22)(H,19,25). The van der Waals surface area contributed by atoms with Gasteiger partial charge in [-0.2, -0.15) is 0 Å². The van der Waals surface area contributed by atoms with Crippen LogP contribution in [0, 0.1) is 0 Å². The molecule has 0 saturated carbocycles. The molecule has 2 rings (SSSR count). The van der Waals surface area contributed by atoms with Crippen LogP contribution in [0.4, 0.5) is 4.79 Å². The highest BCUT2D eigenvalue weighted by Gasteiger charge is 2.31. The molecule has 1 atom stereocenters. The molecule has 1 unspecified atom stereocenters. The smallest absolute Gasteiger partial charge is 0.324 e. The van der Waals surface area contributed by atoms with E-state index in [1.54, 1.807) is 17.5 Å². The van der Waals surface area contributed by atoms with E-state index in [1.807, 2.05) is 0 Å². The van der Waals surface area contributed by atoms with Gasteiger partial charge >= 0.3 is 12.0 Å². The van der Waals surface area contributed by atoms with Gasteiger partial charge in [0.1, 0.15) is 0 Å². The number of Topliss-reactive ketones (excluding diaryl/α,β-unsaturated/α-hetero) is 1. The van der Waals surface area contributed by atoms with Crippen LogP contribution < -0.4 is 10.6 Å². The molecule has 9 nitrogen and oxygen atoms in total. The zero-order valence-corrected chi connectivity index (χ0v) is 15.7. The Kier molecular flexibility index (Phi) is 7.47. The van der Waals surface area contributed by atoms with Crippen molar-refractivity contribution in [2.45, 2.75) is 32.3 Å². The summed E-state index contributed by atoms with van der Waals surface area (Å²) in [7, 11) is 0. The van der Waals surface area contributed by atoms with Gasteiger partial charge in [0, 0.05) is 32.5 Å². The van der Waals surface area contributed by atoms with Gasteiger partial charge in [-0.3, -0.25) is 24.1 Å². The van der Waals surface area contributed by atoms with E-state index in [9.17, 15) is 24.0 Å². The van der Waals surface area contributed by atoms with E-state index in [4.69, 9.17) is 4.74 Å². The van der Waals surface area contributed by atoms with Crippen LogP contribution in [0.5, 0.6) is 0 Å². The number of hydrogen-bond donors (Lipinski definition) is 2. The molecular weight excluding hydrogens is 374 g/mol. The summed E-state index contributed by atoms with van der Waals surface area (Å²) in [6.07, 6.45) is -1.07. The molecule has 1 aromatic heterocycles. The molecule has 146 valence electrons. The molecule has 1 saturated heterocycles. The van der Waals surface area contributed by atoms with Gasteiger partial charge in [0.2, 0.25) is 5.91 Å². The minimum absolute atomic E-state index is 0.0325. The monoisotopic (exact) mass is 395 g/mol. The molecule has 0 aliphatic carbocycles. The first-order valence-corrected chi connectivity index (χ1v) is 9.38. The SMILES string of the molecule is CC(OC(=O)CCNC(=O)CCC(=O)c1cccs1)C(=O)N1CCNC1=O. The topological polar surface area (TPSA) is 122 Å². The average Bonchev–Trinajstić information content (AvgIpc) is 3.30. The van der Waals surface area contributed by atoms with Crippen molar-refractivity contribution in [1.29, 1.82) is 0 Å². The van der Waals surface area contributed by atoms with Gasteiger partial charge in [-0.05, 0) is 18.4 Å². The lowest BCUT2D eigenvalue weighted by atomic mass is 10.2. The van der Waals surface area contributed by atoms with Crippen LogP contribution in [0.3, 0.4) is 0 Å². The fraction of sp³-hybridized carbons (Fsp3) is 0.471. The Hall–Kier alpha value is -2.75. The predicted octanol–water partition coefficient (Wildman–Crippen LogP) is 0.701. The number of urea groups is 1. The highest BCUT2D eigenvalue weighted by Crippen LogP contribution is 2.12. The lowest BCUT2D eigenvalue weighted by Gasteiger charge is -2.18. The number of rotatable bonds is 9. The van der Waals surface area contributed by atoms with Crippen molar-refractivity contribution in [2.24, 2.45) is 0 Å². The molecule has 0 radical (unpaired) electrons. The van der Waals surface area contributed by atoms with Gasteiger partial charge < -0.3 is 15.4 Å². The number of nitrogens with one attached hydrogen (secondary N) is 2. The van der Waals surface area contributed by atoms with Crippen LogP contribution in [-0.2, 0) is 19.1 Å². The van der Waals surface area contributed by atoms with Gasteiger partial charge in [0.15, 0.2) is 11.9 Å². The van der Waals surface area contributed by atoms with Crippen molar-refractivity contribution in [2.75, 3.05) is 19.6 Å². The molecule has 0 bridgehead atoms. The summed E-state index contributed by atoms with van der Waals surface area (Å²) in [4.78, 5) is 60.3. The maximum absolute atomic E-state index is 12.0. The average molecular weight is 395 g/mol. The largest absolute Gasteiger partial charge is 0.452 e. The molecular formula is C17H21N3O6S. The molecule has 10 heteroatoms. The number of thiophene rings is 1. The minimum Gasteiger partial charge on any atom is -0.452 e. The fourth-order valence-electron chi connectivity index (χ4n) is 2.39. The number of hydrogen-bond acceptors (Lipinski definition) is 7. The van der Waals surface area contributed by atoms with Crippen LogP contribution in [0.25, 0.3) is 0 Å². The summed E-state index contributed by atoms with van der Waals surface area (Å²) < 4.78 is 4.99. The zero-order valence-electron chi connectivity index (χ0n) is 14.9. The number of ether oxygens (including phenoxy) is 1. The van der Waals surface area contributed by atoms with Gasteiger partial charge in [-0.1, -0.05) is 6.07 Å². The van der Waals surface area contributed by atoms with Gasteiger partial charge in [0.05, 0.1) is 11.3 Å². The zero-order chi connectivity index (χ0) is 19.8. The summed E-state index contributed by atoms with van der Waals surface area (Å²) >= 11 is 1.32. The number of esters is 1. The highest BCUT2D eigenvalue weighted by molar-refractivity contribution is 7.12. The molecule has 0 spiro atoms. The van der Waals surface area contributed by atoms with E-state index in [1.165, 1.54) is 18.3 Å². The first-order chi connectivity index (χ1) is 12.9. The van der Waals surface area contributed by atoms with Crippen LogP contribution in [0.15, 0.2) is 17.5 Å². The number of nitrogens with zero attached hydrogens (tertiary/aromatic N) is 1. The van der Waals surface area contributed by atoms with E-state index < -0.39 is 24.0 Å². The molecule has 27 heavy (non-hydrogen) atoms. The maximum Gasteiger partial charge on any atom is 0.324 e. The predicted molar refractivity (Wildman–Crippen MR) is 96.2 cm³/mol. The number of imide groups is 1. The fourth-order valence-corrected chi connectivity index (χ4v) is 3.08. The number of amides is 4. The Balaban J connectivity index is 1.62. The molecule has 2 heterocycles. The van der Waals surface area contributed by atoms with Crippen LogP contribution in [-0.4, -0.2) is 60.2 Å². The van der Waals surface area contributed by atoms with E-state index in [-0.39, 0.29) is 44.0 Å². The quantitative estimate of drug-likeness (QED) is 0.469. The second-order valence-corrected chi connectivity index (χ2v) is 6.80. The van der Waals surface area contributed by atoms with Crippen molar-refractivity contribution >= 4 is 40.9 Å². The molecule has 1 aromatic rings.